The molecule has 1 heterocycles. The Balaban J connectivity index is 1.66. The summed E-state index contributed by atoms with van der Waals surface area (Å²) in [7, 11) is 0. The Morgan fingerprint density at radius 3 is 2.38 bits per heavy atom. The Kier molecular flexibility index (Phi) is 6.89. The molecule has 128 valence electrons. The van der Waals surface area contributed by atoms with Gasteiger partial charge in [-0.15, -0.1) is 0 Å². The number of para-hydroxylation sites is 1. The summed E-state index contributed by atoms with van der Waals surface area (Å²) in [4.78, 5) is 27.2. The van der Waals surface area contributed by atoms with Crippen molar-refractivity contribution in [2.24, 2.45) is 0 Å². The molecule has 2 amide bonds. The van der Waals surface area contributed by atoms with Crippen molar-refractivity contribution in [1.29, 1.82) is 5.26 Å². The van der Waals surface area contributed by atoms with E-state index in [4.69, 9.17) is 21.6 Å². The van der Waals surface area contributed by atoms with Crippen LogP contribution in [0.2, 0.25) is 5.02 Å². The summed E-state index contributed by atoms with van der Waals surface area (Å²) in [6, 6.07) is 9.09. The Morgan fingerprint density at radius 1 is 1.12 bits per heavy atom. The van der Waals surface area contributed by atoms with E-state index in [0.717, 1.165) is 0 Å². The number of hydrogen-bond donors (Lipinski definition) is 0. The number of benzene rings is 1. The monoisotopic (exact) mass is 349 g/mol. The number of hydrogen-bond acceptors (Lipinski definition) is 4. The number of halogens is 1. The van der Waals surface area contributed by atoms with Crippen LogP contribution in [0.3, 0.4) is 0 Å². The van der Waals surface area contributed by atoms with Crippen LogP contribution in [0, 0.1) is 11.3 Å². The average Bonchev–Trinajstić information content (AvgIpc) is 2.60. The molecule has 1 fully saturated rings. The number of carbonyl (C=O) groups excluding carboxylic acids is 2. The molecule has 1 aromatic carbocycles. The van der Waals surface area contributed by atoms with Crippen molar-refractivity contribution < 1.29 is 14.3 Å². The second-order valence-electron chi connectivity index (χ2n) is 5.48. The smallest absolute Gasteiger partial charge is 0.236 e. The van der Waals surface area contributed by atoms with Crippen molar-refractivity contribution >= 4 is 23.4 Å². The third-order valence-corrected chi connectivity index (χ3v) is 4.16. The zero-order valence-corrected chi connectivity index (χ0v) is 14.2. The number of carbonyl (C=O) groups is 2. The molecule has 0 bridgehead atoms. The molecule has 0 N–H and O–H groups in total. The first-order chi connectivity index (χ1) is 11.6. The minimum atomic E-state index is -0.169. The van der Waals surface area contributed by atoms with E-state index in [1.54, 1.807) is 21.9 Å². The normalized spacial score (nSPS) is 14.2. The van der Waals surface area contributed by atoms with Crippen LogP contribution in [-0.4, -0.2) is 54.4 Å². The van der Waals surface area contributed by atoms with Gasteiger partial charge in [0.05, 0.1) is 17.7 Å². The maximum atomic E-state index is 12.2. The number of piperazine rings is 1. The van der Waals surface area contributed by atoms with Crippen molar-refractivity contribution in [1.82, 2.24) is 9.80 Å². The van der Waals surface area contributed by atoms with E-state index in [2.05, 4.69) is 0 Å². The number of nitriles is 1. The van der Waals surface area contributed by atoms with Crippen LogP contribution in [0.1, 0.15) is 19.3 Å². The van der Waals surface area contributed by atoms with Gasteiger partial charge in [-0.1, -0.05) is 23.7 Å². The molecule has 0 aliphatic carbocycles. The van der Waals surface area contributed by atoms with Crippen molar-refractivity contribution in [2.75, 3.05) is 32.8 Å². The molecule has 7 heteroatoms. The average molecular weight is 350 g/mol. The predicted molar refractivity (Wildman–Crippen MR) is 89.6 cm³/mol. The highest BCUT2D eigenvalue weighted by atomic mass is 35.5. The van der Waals surface area contributed by atoms with Crippen molar-refractivity contribution in [3.05, 3.63) is 29.3 Å². The van der Waals surface area contributed by atoms with Crippen molar-refractivity contribution in [3.63, 3.8) is 0 Å². The molecule has 1 aliphatic heterocycles. The number of amides is 2. The van der Waals surface area contributed by atoms with Gasteiger partial charge in [-0.25, -0.2) is 0 Å². The van der Waals surface area contributed by atoms with Crippen LogP contribution in [0.5, 0.6) is 5.75 Å². The molecule has 2 rings (SSSR count). The lowest BCUT2D eigenvalue weighted by Gasteiger charge is -2.34. The molecule has 1 aromatic rings. The minimum Gasteiger partial charge on any atom is -0.492 e. The van der Waals surface area contributed by atoms with E-state index in [9.17, 15) is 9.59 Å². The van der Waals surface area contributed by atoms with E-state index in [1.807, 2.05) is 18.2 Å². The molecule has 0 saturated carbocycles. The van der Waals surface area contributed by atoms with Crippen LogP contribution in [0.25, 0.3) is 0 Å². The van der Waals surface area contributed by atoms with Crippen LogP contribution < -0.4 is 4.74 Å². The van der Waals surface area contributed by atoms with Gasteiger partial charge in [-0.05, 0) is 18.6 Å². The Morgan fingerprint density at radius 2 is 1.75 bits per heavy atom. The van der Waals surface area contributed by atoms with E-state index >= 15 is 0 Å². The van der Waals surface area contributed by atoms with Gasteiger partial charge in [0, 0.05) is 32.6 Å². The fraction of sp³-hybridized carbons (Fsp3) is 0.471. The predicted octanol–water partition coefficient (Wildman–Crippen LogP) is 2.08. The van der Waals surface area contributed by atoms with Gasteiger partial charge >= 0.3 is 0 Å². The topological polar surface area (TPSA) is 73.6 Å². The standard InChI is InChI=1S/C17H20ClN3O3/c18-14-4-1-2-5-15(14)24-13-3-6-16(22)20-9-11-21(12-10-20)17(23)7-8-19/h1-2,4-5H,3,6-7,9-13H2. The van der Waals surface area contributed by atoms with Crippen LogP contribution in [0.4, 0.5) is 0 Å². The van der Waals surface area contributed by atoms with Gasteiger partial charge < -0.3 is 14.5 Å². The van der Waals surface area contributed by atoms with Crippen LogP contribution in [-0.2, 0) is 9.59 Å². The Bertz CT molecular complexity index is 622. The summed E-state index contributed by atoms with van der Waals surface area (Å²) in [6.07, 6.45) is 0.904. The summed E-state index contributed by atoms with van der Waals surface area (Å²) >= 11 is 6.00. The maximum Gasteiger partial charge on any atom is 0.236 e. The lowest BCUT2D eigenvalue weighted by atomic mass is 10.2. The lowest BCUT2D eigenvalue weighted by molar-refractivity contribution is -0.139. The van der Waals surface area contributed by atoms with Gasteiger partial charge in [-0.3, -0.25) is 9.59 Å². The van der Waals surface area contributed by atoms with Crippen molar-refractivity contribution in [2.45, 2.75) is 19.3 Å². The second-order valence-corrected chi connectivity index (χ2v) is 5.89. The summed E-state index contributed by atoms with van der Waals surface area (Å²) in [5.74, 6) is 0.513. The quantitative estimate of drug-likeness (QED) is 0.737. The molecule has 0 radical (unpaired) electrons. The zero-order valence-electron chi connectivity index (χ0n) is 13.4. The highest BCUT2D eigenvalue weighted by Crippen LogP contribution is 2.23. The molecule has 0 unspecified atom stereocenters. The Hall–Kier alpha value is -2.26. The SMILES string of the molecule is N#CCC(=O)N1CCN(C(=O)CCCOc2ccccc2Cl)CC1. The first-order valence-corrected chi connectivity index (χ1v) is 8.29. The second kappa shape index (κ2) is 9.14. The molecule has 1 aliphatic rings. The molecular weight excluding hydrogens is 330 g/mol. The first kappa shape index (κ1) is 18.1. The first-order valence-electron chi connectivity index (χ1n) is 7.91. The fourth-order valence-electron chi connectivity index (χ4n) is 2.51. The highest BCUT2D eigenvalue weighted by Gasteiger charge is 2.23. The van der Waals surface area contributed by atoms with E-state index in [0.29, 0.717) is 56.4 Å². The molecular formula is C17H20ClN3O3. The van der Waals surface area contributed by atoms with E-state index in [1.165, 1.54) is 0 Å². The summed E-state index contributed by atoms with van der Waals surface area (Å²) < 4.78 is 5.56. The summed E-state index contributed by atoms with van der Waals surface area (Å²) in [5.41, 5.74) is 0. The van der Waals surface area contributed by atoms with Crippen LogP contribution >= 0.6 is 11.6 Å². The summed E-state index contributed by atoms with van der Waals surface area (Å²) in [6.45, 7) is 2.43. The molecule has 0 atom stereocenters. The maximum absolute atomic E-state index is 12.2. The van der Waals surface area contributed by atoms with Crippen molar-refractivity contribution in [3.8, 4) is 11.8 Å². The molecule has 0 spiro atoms. The largest absolute Gasteiger partial charge is 0.492 e. The van der Waals surface area contributed by atoms with E-state index in [-0.39, 0.29) is 18.2 Å². The van der Waals surface area contributed by atoms with Crippen LogP contribution in [0.15, 0.2) is 24.3 Å². The number of ether oxygens (including phenoxy) is 1. The van der Waals surface area contributed by atoms with Gasteiger partial charge in [-0.2, -0.15) is 5.26 Å². The zero-order chi connectivity index (χ0) is 17.4. The van der Waals surface area contributed by atoms with Gasteiger partial charge in [0.1, 0.15) is 12.2 Å². The molecule has 1 saturated heterocycles. The fourth-order valence-corrected chi connectivity index (χ4v) is 2.70. The van der Waals surface area contributed by atoms with Gasteiger partial charge in [0.25, 0.3) is 0 Å². The molecule has 0 aromatic heterocycles. The lowest BCUT2D eigenvalue weighted by Crippen LogP contribution is -2.50. The Labute approximate surface area is 146 Å². The summed E-state index contributed by atoms with van der Waals surface area (Å²) in [5, 5.41) is 9.10. The minimum absolute atomic E-state index is 0.0603. The van der Waals surface area contributed by atoms with Gasteiger partial charge in [0.2, 0.25) is 11.8 Å². The highest BCUT2D eigenvalue weighted by molar-refractivity contribution is 6.32. The molecule has 24 heavy (non-hydrogen) atoms. The van der Waals surface area contributed by atoms with E-state index < -0.39 is 0 Å². The molecule has 6 nitrogen and oxygen atoms in total. The number of nitrogens with zero attached hydrogens (tertiary/aromatic N) is 3. The number of rotatable bonds is 6. The third-order valence-electron chi connectivity index (χ3n) is 3.84. The third kappa shape index (κ3) is 5.14. The van der Waals surface area contributed by atoms with Gasteiger partial charge in [0.15, 0.2) is 0 Å².